The van der Waals surface area contributed by atoms with Crippen LogP contribution in [0.4, 0.5) is 5.00 Å². The Hall–Kier alpha value is -1.81. The van der Waals surface area contributed by atoms with Crippen LogP contribution >= 0.6 is 11.3 Å². The van der Waals surface area contributed by atoms with Crippen molar-refractivity contribution < 1.29 is 0 Å². The van der Waals surface area contributed by atoms with Gasteiger partial charge in [0, 0.05) is 11.9 Å². The van der Waals surface area contributed by atoms with Crippen molar-refractivity contribution in [3.05, 3.63) is 34.7 Å². The van der Waals surface area contributed by atoms with Gasteiger partial charge in [-0.3, -0.25) is 0 Å². The summed E-state index contributed by atoms with van der Waals surface area (Å²) in [6, 6.07) is 8.26. The Morgan fingerprint density at radius 1 is 1.20 bits per heavy atom. The van der Waals surface area contributed by atoms with E-state index in [1.165, 1.54) is 35.3 Å². The molecule has 0 aliphatic heterocycles. The van der Waals surface area contributed by atoms with Crippen molar-refractivity contribution in [3.63, 3.8) is 0 Å². The topological polar surface area (TPSA) is 43.8 Å². The van der Waals surface area contributed by atoms with Crippen LogP contribution in [0.5, 0.6) is 0 Å². The van der Waals surface area contributed by atoms with Gasteiger partial charge in [0.15, 0.2) is 0 Å². The van der Waals surface area contributed by atoms with Crippen molar-refractivity contribution in [2.24, 2.45) is 7.05 Å². The number of aromatic nitrogens is 2. The summed E-state index contributed by atoms with van der Waals surface area (Å²) >= 11 is 1.75. The lowest BCUT2D eigenvalue weighted by molar-refractivity contribution is 0.697. The van der Waals surface area contributed by atoms with E-state index in [0.29, 0.717) is 0 Å². The number of nitrogens with zero attached hydrogens (tertiary/aromatic N) is 2. The van der Waals surface area contributed by atoms with E-state index >= 15 is 0 Å². The third-order valence-corrected chi connectivity index (χ3v) is 5.33. The number of benzene rings is 1. The van der Waals surface area contributed by atoms with Crippen molar-refractivity contribution in [1.29, 1.82) is 0 Å². The quantitative estimate of drug-likeness (QED) is 0.739. The summed E-state index contributed by atoms with van der Waals surface area (Å²) in [7, 11) is 2.08. The number of nitrogens with two attached hydrogens (primary N) is 1. The Morgan fingerprint density at radius 2 is 2.00 bits per heavy atom. The Balaban J connectivity index is 2.00. The molecule has 1 aliphatic rings. The van der Waals surface area contributed by atoms with Gasteiger partial charge in [0.05, 0.1) is 21.6 Å². The van der Waals surface area contributed by atoms with E-state index in [1.54, 1.807) is 11.3 Å². The van der Waals surface area contributed by atoms with Crippen LogP contribution in [0, 0.1) is 0 Å². The van der Waals surface area contributed by atoms with Crippen molar-refractivity contribution in [2.75, 3.05) is 5.73 Å². The van der Waals surface area contributed by atoms with Crippen molar-refractivity contribution in [1.82, 2.24) is 9.55 Å². The molecule has 0 bridgehead atoms. The lowest BCUT2D eigenvalue weighted by Gasteiger charge is -2.12. The molecule has 0 amide bonds. The average molecular weight is 283 g/mol. The van der Waals surface area contributed by atoms with Crippen molar-refractivity contribution in [3.8, 4) is 11.4 Å². The monoisotopic (exact) mass is 283 g/mol. The van der Waals surface area contributed by atoms with Gasteiger partial charge in [-0.25, -0.2) is 4.98 Å². The van der Waals surface area contributed by atoms with Crippen molar-refractivity contribution >= 4 is 27.4 Å². The predicted molar refractivity (Wildman–Crippen MR) is 85.1 cm³/mol. The molecule has 4 rings (SSSR count). The number of thiophene rings is 1. The molecule has 2 N–H and O–H groups in total. The molecule has 3 nitrogen and oxygen atoms in total. The summed E-state index contributed by atoms with van der Waals surface area (Å²) in [6.07, 6.45) is 4.87. The lowest BCUT2D eigenvalue weighted by Crippen LogP contribution is -2.02. The molecule has 0 radical (unpaired) electrons. The maximum Gasteiger partial charge on any atom is 0.144 e. The summed E-state index contributed by atoms with van der Waals surface area (Å²) in [5.41, 5.74) is 11.1. The minimum atomic E-state index is 0.926. The van der Waals surface area contributed by atoms with E-state index in [1.807, 2.05) is 6.07 Å². The molecule has 0 spiro atoms. The smallest absolute Gasteiger partial charge is 0.144 e. The zero-order valence-electron chi connectivity index (χ0n) is 11.5. The van der Waals surface area contributed by atoms with Crippen LogP contribution in [0.1, 0.15) is 23.3 Å². The molecule has 0 saturated heterocycles. The van der Waals surface area contributed by atoms with Gasteiger partial charge < -0.3 is 10.3 Å². The molecule has 4 heteroatoms. The molecular formula is C16H17N3S. The first-order chi connectivity index (χ1) is 9.75. The Labute approximate surface area is 122 Å². The second kappa shape index (κ2) is 4.35. The zero-order valence-corrected chi connectivity index (χ0v) is 12.3. The summed E-state index contributed by atoms with van der Waals surface area (Å²) in [4.78, 5) is 6.28. The maximum atomic E-state index is 6.31. The molecule has 1 aromatic carbocycles. The molecular weight excluding hydrogens is 266 g/mol. The van der Waals surface area contributed by atoms with Gasteiger partial charge in [0.25, 0.3) is 0 Å². The van der Waals surface area contributed by atoms with Crippen LogP contribution in [0.25, 0.3) is 22.4 Å². The van der Waals surface area contributed by atoms with Crippen LogP contribution in [0.2, 0.25) is 0 Å². The fourth-order valence-electron chi connectivity index (χ4n) is 3.20. The van der Waals surface area contributed by atoms with E-state index < -0.39 is 0 Å². The lowest BCUT2D eigenvalue weighted by atomic mass is 9.95. The summed E-state index contributed by atoms with van der Waals surface area (Å²) in [5.74, 6) is 1.02. The summed E-state index contributed by atoms with van der Waals surface area (Å²) < 4.78 is 2.17. The maximum absolute atomic E-state index is 6.31. The second-order valence-corrected chi connectivity index (χ2v) is 6.57. The molecule has 2 heterocycles. The molecule has 20 heavy (non-hydrogen) atoms. The number of hydrogen-bond donors (Lipinski definition) is 1. The Morgan fingerprint density at radius 3 is 2.85 bits per heavy atom. The first kappa shape index (κ1) is 12.0. The average Bonchev–Trinajstić information content (AvgIpc) is 2.96. The number of hydrogen-bond acceptors (Lipinski definition) is 3. The third kappa shape index (κ3) is 1.61. The van der Waals surface area contributed by atoms with E-state index in [9.17, 15) is 0 Å². The molecule has 0 fully saturated rings. The van der Waals surface area contributed by atoms with E-state index in [-0.39, 0.29) is 0 Å². The minimum Gasteiger partial charge on any atom is -0.390 e. The number of rotatable bonds is 1. The number of aryl methyl sites for hydroxylation is 2. The first-order valence-electron chi connectivity index (χ1n) is 7.07. The van der Waals surface area contributed by atoms with Gasteiger partial charge in [-0.15, -0.1) is 11.3 Å². The molecule has 0 unspecified atom stereocenters. The zero-order chi connectivity index (χ0) is 13.7. The fourth-order valence-corrected chi connectivity index (χ4v) is 4.36. The van der Waals surface area contributed by atoms with Gasteiger partial charge in [0.2, 0.25) is 0 Å². The number of imidazole rings is 1. The molecule has 3 aromatic rings. The van der Waals surface area contributed by atoms with Crippen LogP contribution < -0.4 is 5.73 Å². The highest BCUT2D eigenvalue weighted by Crippen LogP contribution is 2.42. The van der Waals surface area contributed by atoms with Crippen LogP contribution in [-0.4, -0.2) is 9.55 Å². The molecule has 0 atom stereocenters. The normalized spacial score (nSPS) is 14.7. The van der Waals surface area contributed by atoms with Crippen molar-refractivity contribution in [2.45, 2.75) is 25.7 Å². The molecule has 2 aromatic heterocycles. The van der Waals surface area contributed by atoms with Crippen LogP contribution in [0.15, 0.2) is 24.3 Å². The van der Waals surface area contributed by atoms with E-state index in [2.05, 4.69) is 29.8 Å². The highest BCUT2D eigenvalue weighted by atomic mass is 32.1. The van der Waals surface area contributed by atoms with Gasteiger partial charge in [-0.1, -0.05) is 12.1 Å². The number of fused-ring (bicyclic) bond motifs is 2. The fraction of sp³-hybridized carbons (Fsp3) is 0.312. The standard InChI is InChI=1S/C16H17N3S/c1-19-12-8-4-3-7-11(12)18-16(19)14-10-6-2-5-9-13(10)20-15(14)17/h3-4,7-8H,2,5-6,9,17H2,1H3. The molecule has 0 saturated carbocycles. The predicted octanol–water partition coefficient (Wildman–Crippen LogP) is 3.76. The van der Waals surface area contributed by atoms with Crippen LogP contribution in [0.3, 0.4) is 0 Å². The number of anilines is 1. The summed E-state index contributed by atoms with van der Waals surface area (Å²) in [6.45, 7) is 0. The van der Waals surface area contributed by atoms with Gasteiger partial charge >= 0.3 is 0 Å². The minimum absolute atomic E-state index is 0.926. The van der Waals surface area contributed by atoms with Crippen LogP contribution in [-0.2, 0) is 19.9 Å². The molecule has 1 aliphatic carbocycles. The highest BCUT2D eigenvalue weighted by Gasteiger charge is 2.23. The van der Waals surface area contributed by atoms with Gasteiger partial charge in [0.1, 0.15) is 5.82 Å². The highest BCUT2D eigenvalue weighted by molar-refractivity contribution is 7.16. The Kier molecular flexibility index (Phi) is 2.60. The SMILES string of the molecule is Cn1c(-c2c(N)sc3c2CCCC3)nc2ccccc21. The van der Waals surface area contributed by atoms with E-state index in [0.717, 1.165) is 28.3 Å². The largest absolute Gasteiger partial charge is 0.390 e. The number of nitrogen functional groups attached to an aromatic ring is 1. The van der Waals surface area contributed by atoms with E-state index in [4.69, 9.17) is 10.7 Å². The van der Waals surface area contributed by atoms with Gasteiger partial charge in [-0.2, -0.15) is 0 Å². The van der Waals surface area contributed by atoms with Gasteiger partial charge in [-0.05, 0) is 43.4 Å². The summed E-state index contributed by atoms with van der Waals surface area (Å²) in [5, 5.41) is 0.926. The first-order valence-corrected chi connectivity index (χ1v) is 7.89. The Bertz CT molecular complexity index is 798. The third-order valence-electron chi connectivity index (χ3n) is 4.21. The second-order valence-electron chi connectivity index (χ2n) is 5.43. The molecule has 102 valence electrons. The number of para-hydroxylation sites is 2.